The number of rotatable bonds is 5. The van der Waals surface area contributed by atoms with Crippen LogP contribution >= 0.6 is 34.3 Å². The molecule has 23 heavy (non-hydrogen) atoms. The van der Waals surface area contributed by atoms with Crippen molar-refractivity contribution in [1.29, 1.82) is 0 Å². The van der Waals surface area contributed by atoms with Crippen molar-refractivity contribution >= 4 is 50.2 Å². The Morgan fingerprint density at radius 3 is 2.87 bits per heavy atom. The molecule has 0 atom stereocenters. The third-order valence-electron chi connectivity index (χ3n) is 3.24. The molecule has 0 spiro atoms. The zero-order chi connectivity index (χ0) is 16.6. The smallest absolute Gasteiger partial charge is 0.295 e. The second kappa shape index (κ2) is 6.20. The van der Waals surface area contributed by atoms with Crippen molar-refractivity contribution < 1.29 is 8.78 Å². The summed E-state index contributed by atoms with van der Waals surface area (Å²) in [6.07, 6.45) is 0. The van der Waals surface area contributed by atoms with Gasteiger partial charge in [0, 0.05) is 17.5 Å². The Morgan fingerprint density at radius 2 is 2.22 bits per heavy atom. The fraction of sp³-hybridized carbons (Fsp3) is 0.214. The average molecular weight is 376 g/mol. The number of hydrogen-bond donors (Lipinski definition) is 3. The van der Waals surface area contributed by atoms with Gasteiger partial charge >= 0.3 is 0 Å². The van der Waals surface area contributed by atoms with Gasteiger partial charge in [0.1, 0.15) is 0 Å². The van der Waals surface area contributed by atoms with Crippen molar-refractivity contribution in [3.05, 3.63) is 48.7 Å². The van der Waals surface area contributed by atoms with Gasteiger partial charge in [-0.2, -0.15) is 8.78 Å². The highest BCUT2D eigenvalue weighted by Crippen LogP contribution is 2.44. The topological polar surface area (TPSA) is 70.9 Å². The zero-order valence-electron chi connectivity index (χ0n) is 11.7. The molecule has 122 valence electrons. The van der Waals surface area contributed by atoms with Crippen LogP contribution in [0.4, 0.5) is 14.5 Å². The second-order valence-electron chi connectivity index (χ2n) is 4.84. The minimum Gasteiger partial charge on any atom is -0.379 e. The number of aromatic nitrogens is 1. The fourth-order valence-corrected chi connectivity index (χ4v) is 4.34. The predicted octanol–water partition coefficient (Wildman–Crippen LogP) is 3.97. The highest BCUT2D eigenvalue weighted by molar-refractivity contribution is 7.20. The number of fused-ring (bicyclic) bond motifs is 1. The molecule has 3 aromatic heterocycles. The number of thiophene rings is 2. The van der Waals surface area contributed by atoms with E-state index >= 15 is 0 Å². The Morgan fingerprint density at radius 1 is 1.43 bits per heavy atom. The first-order valence-electron chi connectivity index (χ1n) is 6.62. The zero-order valence-corrected chi connectivity index (χ0v) is 14.0. The summed E-state index contributed by atoms with van der Waals surface area (Å²) in [4.78, 5) is 15.0. The van der Waals surface area contributed by atoms with Gasteiger partial charge in [0.25, 0.3) is 11.5 Å². The number of pyridine rings is 1. The molecule has 0 aromatic carbocycles. The van der Waals surface area contributed by atoms with Crippen LogP contribution in [0.5, 0.6) is 0 Å². The summed E-state index contributed by atoms with van der Waals surface area (Å²) in [6, 6.07) is 5.20. The van der Waals surface area contributed by atoms with Crippen molar-refractivity contribution in [3.63, 3.8) is 0 Å². The largest absolute Gasteiger partial charge is 0.379 e. The fourth-order valence-electron chi connectivity index (χ4n) is 2.12. The van der Waals surface area contributed by atoms with Crippen LogP contribution in [0.25, 0.3) is 10.2 Å². The molecule has 0 amide bonds. The van der Waals surface area contributed by atoms with E-state index in [-0.39, 0.29) is 15.4 Å². The van der Waals surface area contributed by atoms with Crippen LogP contribution < -0.4 is 16.6 Å². The van der Waals surface area contributed by atoms with E-state index in [9.17, 15) is 13.6 Å². The lowest BCUT2D eigenvalue weighted by atomic mass is 10.2. The van der Waals surface area contributed by atoms with E-state index in [2.05, 4.69) is 10.3 Å². The summed E-state index contributed by atoms with van der Waals surface area (Å²) in [5.41, 5.74) is 5.41. The maximum Gasteiger partial charge on any atom is 0.295 e. The molecule has 0 aliphatic heterocycles. The van der Waals surface area contributed by atoms with E-state index in [1.54, 1.807) is 11.3 Å². The van der Waals surface area contributed by atoms with Crippen LogP contribution in [-0.4, -0.2) is 11.5 Å². The number of nitrogens with one attached hydrogen (secondary N) is 2. The lowest BCUT2D eigenvalue weighted by Crippen LogP contribution is -2.24. The van der Waals surface area contributed by atoms with Crippen LogP contribution in [0.1, 0.15) is 9.75 Å². The summed E-state index contributed by atoms with van der Waals surface area (Å²) in [5, 5.41) is 4.89. The summed E-state index contributed by atoms with van der Waals surface area (Å²) < 4.78 is 28.3. The average Bonchev–Trinajstić information content (AvgIpc) is 3.14. The molecule has 4 nitrogen and oxygen atoms in total. The third kappa shape index (κ3) is 3.12. The van der Waals surface area contributed by atoms with Crippen molar-refractivity contribution in [2.24, 2.45) is 5.73 Å². The van der Waals surface area contributed by atoms with Crippen LogP contribution in [0, 0.1) is 0 Å². The Hall–Kier alpha value is -1.48. The number of nitrogens with two attached hydrogens (primary N) is 1. The third-order valence-corrected chi connectivity index (χ3v) is 5.94. The lowest BCUT2D eigenvalue weighted by molar-refractivity contribution is 0.0101. The molecule has 3 heterocycles. The van der Waals surface area contributed by atoms with Gasteiger partial charge in [-0.1, -0.05) is 17.7 Å². The number of halogens is 3. The Kier molecular flexibility index (Phi) is 4.41. The van der Waals surface area contributed by atoms with Gasteiger partial charge in [0.2, 0.25) is 0 Å². The molecule has 0 radical (unpaired) electrons. The molecule has 3 aromatic rings. The molecule has 9 heteroatoms. The normalized spacial score (nSPS) is 12.0. The molecular formula is C14H12ClF2N3OS2. The quantitative estimate of drug-likeness (QED) is 0.632. The van der Waals surface area contributed by atoms with Gasteiger partial charge in [-0.3, -0.25) is 4.79 Å². The number of hydrogen-bond acceptors (Lipinski definition) is 5. The Bertz CT molecular complexity index is 889. The van der Waals surface area contributed by atoms with Gasteiger partial charge < -0.3 is 16.0 Å². The van der Waals surface area contributed by atoms with E-state index in [1.165, 1.54) is 6.07 Å². The first kappa shape index (κ1) is 16.4. The van der Waals surface area contributed by atoms with E-state index < -0.39 is 18.0 Å². The number of alkyl halides is 2. The molecule has 4 N–H and O–H groups in total. The van der Waals surface area contributed by atoms with Crippen LogP contribution in [-0.2, 0) is 12.5 Å². The molecule has 0 saturated carbocycles. The van der Waals surface area contributed by atoms with Gasteiger partial charge in [-0.25, -0.2) is 0 Å². The molecule has 0 fully saturated rings. The van der Waals surface area contributed by atoms with Crippen molar-refractivity contribution in [2.45, 2.75) is 12.5 Å². The van der Waals surface area contributed by atoms with Gasteiger partial charge in [0.15, 0.2) is 0 Å². The molecule has 0 aliphatic rings. The van der Waals surface area contributed by atoms with E-state index in [4.69, 9.17) is 17.3 Å². The van der Waals surface area contributed by atoms with Crippen molar-refractivity contribution in [1.82, 2.24) is 4.98 Å². The van der Waals surface area contributed by atoms with Crippen LogP contribution in [0.15, 0.2) is 28.4 Å². The first-order chi connectivity index (χ1) is 10.9. The first-order valence-corrected chi connectivity index (χ1v) is 8.69. The van der Waals surface area contributed by atoms with E-state index in [0.717, 1.165) is 16.2 Å². The summed E-state index contributed by atoms with van der Waals surface area (Å²) in [6.45, 7) is -0.351. The van der Waals surface area contributed by atoms with Gasteiger partial charge in [0.05, 0.1) is 32.3 Å². The van der Waals surface area contributed by atoms with E-state index in [0.29, 0.717) is 16.9 Å². The molecule has 0 unspecified atom stereocenters. The summed E-state index contributed by atoms with van der Waals surface area (Å²) in [7, 11) is 0. The van der Waals surface area contributed by atoms with Crippen molar-refractivity contribution in [3.8, 4) is 0 Å². The predicted molar refractivity (Wildman–Crippen MR) is 92.0 cm³/mol. The van der Waals surface area contributed by atoms with Crippen LogP contribution in [0.3, 0.4) is 0 Å². The van der Waals surface area contributed by atoms with Gasteiger partial charge in [-0.05, 0) is 11.4 Å². The SMILES string of the molecule is NCC(F)(F)c1sc2c(NCc3cccs3)cc(=O)[nH]c2c1Cl. The minimum absolute atomic E-state index is 0.155. The van der Waals surface area contributed by atoms with Crippen molar-refractivity contribution in [2.75, 3.05) is 11.9 Å². The molecule has 0 saturated heterocycles. The number of anilines is 1. The summed E-state index contributed by atoms with van der Waals surface area (Å²) in [5.74, 6) is -3.23. The highest BCUT2D eigenvalue weighted by atomic mass is 35.5. The van der Waals surface area contributed by atoms with E-state index in [1.807, 2.05) is 17.5 Å². The maximum atomic E-state index is 13.9. The van der Waals surface area contributed by atoms with Gasteiger partial charge in [-0.15, -0.1) is 22.7 Å². The standard InChI is InChI=1S/C14H12ClF2N3OS2/c15-10-11-12(23-13(10)14(16,17)6-18)8(4-9(21)20-11)19-5-7-2-1-3-22-7/h1-4H,5-6,18H2,(H2,19,20,21). The highest BCUT2D eigenvalue weighted by Gasteiger charge is 2.35. The molecule has 3 rings (SSSR count). The monoisotopic (exact) mass is 375 g/mol. The Balaban J connectivity index is 2.07. The molecular weight excluding hydrogens is 364 g/mol. The molecule has 0 aliphatic carbocycles. The second-order valence-corrected chi connectivity index (χ2v) is 7.27. The Labute approximate surface area is 142 Å². The minimum atomic E-state index is -3.23. The number of aromatic amines is 1. The summed E-state index contributed by atoms with van der Waals surface area (Å²) >= 11 is 8.44. The molecule has 0 bridgehead atoms. The van der Waals surface area contributed by atoms with Crippen LogP contribution in [0.2, 0.25) is 5.02 Å². The number of H-pyrrole nitrogens is 1. The maximum absolute atomic E-state index is 13.9. The lowest BCUT2D eigenvalue weighted by Gasteiger charge is -2.11.